The molecule has 0 saturated carbocycles. The summed E-state index contributed by atoms with van der Waals surface area (Å²) in [7, 11) is 0. The van der Waals surface area contributed by atoms with Crippen molar-refractivity contribution in [1.29, 1.82) is 0 Å². The number of rotatable bonds is 3. The third kappa shape index (κ3) is 3.13. The van der Waals surface area contributed by atoms with Crippen molar-refractivity contribution >= 4 is 6.09 Å². The van der Waals surface area contributed by atoms with Crippen LogP contribution in [-0.2, 0) is 4.74 Å². The van der Waals surface area contributed by atoms with E-state index in [9.17, 15) is 13.6 Å². The number of alkyl carbamates (subject to hydrolysis) is 1. The molecule has 2 heterocycles. The molecule has 4 rings (SSSR count). The number of hydrogen-bond acceptors (Lipinski definition) is 3. The Kier molecular flexibility index (Phi) is 4.08. The van der Waals surface area contributed by atoms with Gasteiger partial charge in [0.05, 0.1) is 5.69 Å². The number of amides is 1. The van der Waals surface area contributed by atoms with Gasteiger partial charge in [0.1, 0.15) is 17.7 Å². The lowest BCUT2D eigenvalue weighted by molar-refractivity contribution is 0.132. The topological polar surface area (TPSA) is 51.2 Å². The van der Waals surface area contributed by atoms with Gasteiger partial charge < -0.3 is 10.1 Å². The molecule has 1 aliphatic heterocycles. The molecule has 1 aromatic heterocycles. The van der Waals surface area contributed by atoms with E-state index in [1.54, 1.807) is 36.5 Å². The molecule has 1 aliphatic rings. The number of ether oxygens (including phenoxy) is 1. The molecule has 130 valence electrons. The number of aromatic nitrogens is 1. The molecule has 2 aromatic carbocycles. The van der Waals surface area contributed by atoms with Crippen molar-refractivity contribution in [3.05, 3.63) is 89.8 Å². The fourth-order valence-corrected chi connectivity index (χ4v) is 3.00. The molecule has 4 nitrogen and oxygen atoms in total. The third-order valence-electron chi connectivity index (χ3n) is 4.29. The van der Waals surface area contributed by atoms with Gasteiger partial charge in [-0.3, -0.25) is 4.98 Å². The van der Waals surface area contributed by atoms with E-state index in [2.05, 4.69) is 10.3 Å². The predicted octanol–water partition coefficient (Wildman–Crippen LogP) is 4.55. The van der Waals surface area contributed by atoms with E-state index in [1.165, 1.54) is 24.3 Å². The van der Waals surface area contributed by atoms with Crippen LogP contribution in [-0.4, -0.2) is 11.1 Å². The molecular formula is C20H14F2N2O2. The van der Waals surface area contributed by atoms with Crippen molar-refractivity contribution < 1.29 is 18.3 Å². The van der Waals surface area contributed by atoms with E-state index < -0.39 is 18.2 Å². The van der Waals surface area contributed by atoms with Crippen molar-refractivity contribution in [2.45, 2.75) is 12.1 Å². The summed E-state index contributed by atoms with van der Waals surface area (Å²) in [4.78, 5) is 16.1. The quantitative estimate of drug-likeness (QED) is 0.752. The van der Waals surface area contributed by atoms with E-state index in [1.807, 2.05) is 6.07 Å². The molecule has 1 amide bonds. The van der Waals surface area contributed by atoms with Crippen LogP contribution in [0.25, 0.3) is 11.1 Å². The van der Waals surface area contributed by atoms with Crippen LogP contribution in [0.5, 0.6) is 0 Å². The van der Waals surface area contributed by atoms with Crippen molar-refractivity contribution in [3.63, 3.8) is 0 Å². The average molecular weight is 352 g/mol. The van der Waals surface area contributed by atoms with Crippen LogP contribution in [0.15, 0.2) is 66.9 Å². The van der Waals surface area contributed by atoms with E-state index >= 15 is 0 Å². The smallest absolute Gasteiger partial charge is 0.408 e. The van der Waals surface area contributed by atoms with Gasteiger partial charge in [-0.1, -0.05) is 24.3 Å². The van der Waals surface area contributed by atoms with Crippen LogP contribution < -0.4 is 5.32 Å². The van der Waals surface area contributed by atoms with Crippen LogP contribution in [0.1, 0.15) is 23.4 Å². The molecule has 0 bridgehead atoms. The van der Waals surface area contributed by atoms with Gasteiger partial charge in [-0.25, -0.2) is 13.6 Å². The van der Waals surface area contributed by atoms with Gasteiger partial charge in [0.15, 0.2) is 6.10 Å². The van der Waals surface area contributed by atoms with E-state index in [0.717, 1.165) is 11.1 Å². The SMILES string of the molecule is O=C1N[C@@H](c2cc(-c3ccc(F)cc3)ccn2)[C@H](c2ccc(F)cc2)O1. The Morgan fingerprint density at radius 3 is 2.23 bits per heavy atom. The largest absolute Gasteiger partial charge is 0.439 e. The molecule has 0 aliphatic carbocycles. The first-order valence-electron chi connectivity index (χ1n) is 8.05. The van der Waals surface area contributed by atoms with Crippen molar-refractivity contribution in [2.75, 3.05) is 0 Å². The van der Waals surface area contributed by atoms with Crippen molar-refractivity contribution in [1.82, 2.24) is 10.3 Å². The second-order valence-corrected chi connectivity index (χ2v) is 5.98. The van der Waals surface area contributed by atoms with Gasteiger partial charge in [0.2, 0.25) is 0 Å². The van der Waals surface area contributed by atoms with Crippen molar-refractivity contribution in [2.24, 2.45) is 0 Å². The number of cyclic esters (lactones) is 1. The highest BCUT2D eigenvalue weighted by Gasteiger charge is 2.37. The molecule has 0 spiro atoms. The maximum absolute atomic E-state index is 13.2. The van der Waals surface area contributed by atoms with Crippen molar-refractivity contribution in [3.8, 4) is 11.1 Å². The standard InChI is InChI=1S/C20H14F2N2O2/c21-15-5-1-12(2-6-15)14-9-10-23-17(11-14)18-19(26-20(25)24-18)13-3-7-16(22)8-4-13/h1-11,18-19H,(H,24,25)/t18-,19-/m0/s1. The highest BCUT2D eigenvalue weighted by atomic mass is 19.1. The lowest BCUT2D eigenvalue weighted by Gasteiger charge is -2.17. The molecule has 1 N–H and O–H groups in total. The van der Waals surface area contributed by atoms with Gasteiger partial charge in [-0.15, -0.1) is 0 Å². The Morgan fingerprint density at radius 1 is 0.885 bits per heavy atom. The normalized spacial score (nSPS) is 19.1. The number of pyridine rings is 1. The Bertz CT molecular complexity index is 943. The molecule has 0 unspecified atom stereocenters. The first-order chi connectivity index (χ1) is 12.6. The molecular weight excluding hydrogens is 338 g/mol. The van der Waals surface area contributed by atoms with Crippen LogP contribution in [0.3, 0.4) is 0 Å². The van der Waals surface area contributed by atoms with E-state index in [4.69, 9.17) is 4.74 Å². The second-order valence-electron chi connectivity index (χ2n) is 5.98. The fourth-order valence-electron chi connectivity index (χ4n) is 3.00. The highest BCUT2D eigenvalue weighted by Crippen LogP contribution is 2.36. The van der Waals surface area contributed by atoms with Crippen LogP contribution in [0.2, 0.25) is 0 Å². The Morgan fingerprint density at radius 2 is 1.54 bits per heavy atom. The lowest BCUT2D eigenvalue weighted by atomic mass is 9.97. The summed E-state index contributed by atoms with van der Waals surface area (Å²) in [5.74, 6) is -0.671. The molecule has 1 fully saturated rings. The highest BCUT2D eigenvalue weighted by molar-refractivity contribution is 5.71. The number of halogens is 2. The maximum atomic E-state index is 13.2. The predicted molar refractivity (Wildman–Crippen MR) is 91.1 cm³/mol. The van der Waals surface area contributed by atoms with Gasteiger partial charge in [0, 0.05) is 6.20 Å². The number of carbonyl (C=O) groups is 1. The van der Waals surface area contributed by atoms with Crippen LogP contribution >= 0.6 is 0 Å². The minimum absolute atomic E-state index is 0.309. The lowest BCUT2D eigenvalue weighted by Crippen LogP contribution is -2.20. The van der Waals surface area contributed by atoms with E-state index in [-0.39, 0.29) is 11.6 Å². The summed E-state index contributed by atoms with van der Waals surface area (Å²) in [5.41, 5.74) is 2.95. The summed E-state index contributed by atoms with van der Waals surface area (Å²) in [5, 5.41) is 2.74. The molecule has 6 heteroatoms. The summed E-state index contributed by atoms with van der Waals surface area (Å²) in [6.07, 6.45) is 0.456. The van der Waals surface area contributed by atoms with Gasteiger partial charge in [-0.05, 0) is 53.1 Å². The minimum Gasteiger partial charge on any atom is -0.439 e. The molecule has 1 saturated heterocycles. The summed E-state index contributed by atoms with van der Waals surface area (Å²) >= 11 is 0. The first-order valence-corrected chi connectivity index (χ1v) is 8.05. The monoisotopic (exact) mass is 352 g/mol. The zero-order chi connectivity index (χ0) is 18.1. The zero-order valence-electron chi connectivity index (χ0n) is 13.5. The molecule has 0 radical (unpaired) electrons. The molecule has 3 aromatic rings. The van der Waals surface area contributed by atoms with Gasteiger partial charge in [0.25, 0.3) is 0 Å². The fraction of sp³-hybridized carbons (Fsp3) is 0.100. The summed E-state index contributed by atoms with van der Waals surface area (Å²) in [6.45, 7) is 0. The first kappa shape index (κ1) is 16.2. The number of benzene rings is 2. The Hall–Kier alpha value is -3.28. The Balaban J connectivity index is 1.69. The third-order valence-corrected chi connectivity index (χ3v) is 4.29. The number of nitrogens with zero attached hydrogens (tertiary/aromatic N) is 1. The second kappa shape index (κ2) is 6.55. The summed E-state index contributed by atoms with van der Waals surface area (Å²) < 4.78 is 31.7. The van der Waals surface area contributed by atoms with Gasteiger partial charge >= 0.3 is 6.09 Å². The number of carbonyl (C=O) groups excluding carboxylic acids is 1. The van der Waals surface area contributed by atoms with Crippen LogP contribution in [0, 0.1) is 11.6 Å². The minimum atomic E-state index is -0.612. The maximum Gasteiger partial charge on any atom is 0.408 e. The number of hydrogen-bond donors (Lipinski definition) is 1. The molecule has 26 heavy (non-hydrogen) atoms. The van der Waals surface area contributed by atoms with E-state index in [0.29, 0.717) is 11.3 Å². The summed E-state index contributed by atoms with van der Waals surface area (Å²) in [6, 6.07) is 15.0. The Labute approximate surface area is 148 Å². The zero-order valence-corrected chi connectivity index (χ0v) is 13.5. The average Bonchev–Trinajstić information content (AvgIpc) is 3.05. The van der Waals surface area contributed by atoms with Gasteiger partial charge in [-0.2, -0.15) is 0 Å². The number of nitrogens with one attached hydrogen (secondary N) is 1. The van der Waals surface area contributed by atoms with Crippen LogP contribution in [0.4, 0.5) is 13.6 Å². The molecule has 2 atom stereocenters.